The zero-order valence-corrected chi connectivity index (χ0v) is 11.5. The third-order valence-corrected chi connectivity index (χ3v) is 3.89. The van der Waals surface area contributed by atoms with Gasteiger partial charge in [-0.2, -0.15) is 0 Å². The first-order chi connectivity index (χ1) is 7.91. The number of amides is 2. The van der Waals surface area contributed by atoms with Gasteiger partial charge in [0.05, 0.1) is 12.1 Å². The molecule has 0 aromatic rings. The number of rotatable bonds is 4. The summed E-state index contributed by atoms with van der Waals surface area (Å²) < 4.78 is 0. The molecule has 1 rings (SSSR count). The van der Waals surface area contributed by atoms with Gasteiger partial charge < -0.3 is 15.3 Å². The largest absolute Gasteiger partial charge is 0.387 e. The van der Waals surface area contributed by atoms with Crippen LogP contribution in [-0.2, 0) is 0 Å². The molecular weight excluding hydrogens is 216 g/mol. The van der Waals surface area contributed by atoms with Gasteiger partial charge in [0, 0.05) is 19.0 Å². The Morgan fingerprint density at radius 2 is 2.24 bits per heavy atom. The highest BCUT2D eigenvalue weighted by molar-refractivity contribution is 5.74. The summed E-state index contributed by atoms with van der Waals surface area (Å²) in [7, 11) is 0. The number of hydrogen-bond acceptors (Lipinski definition) is 2. The lowest BCUT2D eigenvalue weighted by Crippen LogP contribution is -2.45. The normalized spacial score (nSPS) is 28.8. The minimum atomic E-state index is -0.734. The molecule has 4 nitrogen and oxygen atoms in total. The Morgan fingerprint density at radius 1 is 1.59 bits per heavy atom. The average molecular weight is 242 g/mol. The van der Waals surface area contributed by atoms with Crippen molar-refractivity contribution in [3.8, 4) is 0 Å². The molecule has 0 radical (unpaired) electrons. The predicted octanol–water partition coefficient (Wildman–Crippen LogP) is 1.83. The summed E-state index contributed by atoms with van der Waals surface area (Å²) in [5.74, 6) is 0.311. The van der Waals surface area contributed by atoms with Gasteiger partial charge in [-0.15, -0.1) is 0 Å². The van der Waals surface area contributed by atoms with E-state index in [0.29, 0.717) is 13.1 Å². The van der Waals surface area contributed by atoms with Crippen LogP contribution in [0.25, 0.3) is 0 Å². The van der Waals surface area contributed by atoms with Crippen LogP contribution in [0.15, 0.2) is 0 Å². The number of likely N-dealkylation sites (tertiary alicyclic amines) is 1. The molecule has 1 fully saturated rings. The summed E-state index contributed by atoms with van der Waals surface area (Å²) in [5, 5.41) is 13.4. The van der Waals surface area contributed by atoms with Crippen molar-refractivity contribution in [1.82, 2.24) is 10.2 Å². The van der Waals surface area contributed by atoms with Gasteiger partial charge in [-0.1, -0.05) is 34.1 Å². The van der Waals surface area contributed by atoms with Gasteiger partial charge in [0.2, 0.25) is 0 Å². The van der Waals surface area contributed by atoms with Crippen molar-refractivity contribution in [2.24, 2.45) is 11.8 Å². The maximum Gasteiger partial charge on any atom is 0.317 e. The fraction of sp³-hybridized carbons (Fsp3) is 0.923. The van der Waals surface area contributed by atoms with Gasteiger partial charge in [-0.05, 0) is 12.3 Å². The number of aliphatic hydroxyl groups is 1. The summed E-state index contributed by atoms with van der Waals surface area (Å²) in [4.78, 5) is 13.6. The third-order valence-electron chi connectivity index (χ3n) is 3.89. The molecule has 2 atom stereocenters. The Balaban J connectivity index is 2.51. The van der Waals surface area contributed by atoms with E-state index in [1.165, 1.54) is 0 Å². The summed E-state index contributed by atoms with van der Waals surface area (Å²) in [6, 6.07) is -0.0399. The molecule has 100 valence electrons. The number of hydrogen-bond donors (Lipinski definition) is 2. The van der Waals surface area contributed by atoms with E-state index in [1.807, 2.05) is 20.8 Å². The Bertz CT molecular complexity index is 268. The smallest absolute Gasteiger partial charge is 0.317 e. The Morgan fingerprint density at radius 3 is 2.71 bits per heavy atom. The van der Waals surface area contributed by atoms with Gasteiger partial charge in [-0.25, -0.2) is 4.79 Å². The van der Waals surface area contributed by atoms with Crippen LogP contribution in [0.4, 0.5) is 4.79 Å². The molecule has 17 heavy (non-hydrogen) atoms. The number of carbonyl (C=O) groups is 1. The Kier molecular flexibility index (Phi) is 4.80. The third kappa shape index (κ3) is 3.12. The fourth-order valence-electron chi connectivity index (χ4n) is 2.41. The molecule has 1 aliphatic heterocycles. The molecule has 1 aliphatic rings. The zero-order valence-electron chi connectivity index (χ0n) is 11.5. The maximum atomic E-state index is 11.9. The van der Waals surface area contributed by atoms with Crippen molar-refractivity contribution in [2.75, 3.05) is 19.6 Å². The predicted molar refractivity (Wildman–Crippen MR) is 68.8 cm³/mol. The van der Waals surface area contributed by atoms with Crippen molar-refractivity contribution in [3.05, 3.63) is 0 Å². The number of carbonyl (C=O) groups excluding carboxylic acids is 1. The second-order valence-electron chi connectivity index (χ2n) is 5.51. The molecule has 1 heterocycles. The molecule has 0 aromatic carbocycles. The summed E-state index contributed by atoms with van der Waals surface area (Å²) >= 11 is 0. The average Bonchev–Trinajstić information content (AvgIpc) is 2.57. The minimum Gasteiger partial charge on any atom is -0.387 e. The molecule has 0 aliphatic carbocycles. The molecule has 2 amide bonds. The molecule has 0 saturated carbocycles. The van der Waals surface area contributed by atoms with E-state index in [4.69, 9.17) is 0 Å². The zero-order chi connectivity index (χ0) is 13.1. The lowest BCUT2D eigenvalue weighted by molar-refractivity contribution is -0.0235. The van der Waals surface area contributed by atoms with Gasteiger partial charge in [0.1, 0.15) is 0 Å². The highest BCUT2D eigenvalue weighted by Gasteiger charge is 2.46. The van der Waals surface area contributed by atoms with Crippen LogP contribution in [-0.4, -0.2) is 41.3 Å². The first-order valence-electron chi connectivity index (χ1n) is 6.67. The number of unbranched alkanes of at least 4 members (excludes halogenated alkanes) is 1. The monoisotopic (exact) mass is 242 g/mol. The van der Waals surface area contributed by atoms with E-state index in [0.717, 1.165) is 19.4 Å². The molecule has 0 aromatic heterocycles. The number of urea groups is 1. The van der Waals surface area contributed by atoms with Crippen LogP contribution in [0.2, 0.25) is 0 Å². The molecule has 0 bridgehead atoms. The van der Waals surface area contributed by atoms with E-state index < -0.39 is 5.60 Å². The van der Waals surface area contributed by atoms with Crippen molar-refractivity contribution >= 4 is 6.03 Å². The van der Waals surface area contributed by atoms with Crippen molar-refractivity contribution in [1.29, 1.82) is 0 Å². The van der Waals surface area contributed by atoms with Gasteiger partial charge in [-0.3, -0.25) is 0 Å². The van der Waals surface area contributed by atoms with Crippen LogP contribution < -0.4 is 5.32 Å². The van der Waals surface area contributed by atoms with E-state index in [1.54, 1.807) is 4.90 Å². The topological polar surface area (TPSA) is 52.6 Å². The fourth-order valence-corrected chi connectivity index (χ4v) is 2.41. The first kappa shape index (κ1) is 14.3. The molecule has 4 heteroatoms. The Hall–Kier alpha value is -0.770. The SMILES string of the molecule is CCCCNC(=O)N1CC(C)C(O)(C(C)C)C1. The number of nitrogens with zero attached hydrogens (tertiary/aromatic N) is 1. The second kappa shape index (κ2) is 5.71. The molecule has 1 saturated heterocycles. The first-order valence-corrected chi connectivity index (χ1v) is 6.67. The lowest BCUT2D eigenvalue weighted by atomic mass is 9.82. The Labute approximate surface area is 104 Å². The van der Waals surface area contributed by atoms with E-state index in [9.17, 15) is 9.90 Å². The number of β-amino-alcohol motifs (C(OH)–C–C–N with tert-alkyl or cyclic N) is 1. The van der Waals surface area contributed by atoms with Gasteiger partial charge >= 0.3 is 6.03 Å². The van der Waals surface area contributed by atoms with Gasteiger partial charge in [0.15, 0.2) is 0 Å². The highest BCUT2D eigenvalue weighted by Crippen LogP contribution is 2.33. The van der Waals surface area contributed by atoms with Crippen LogP contribution in [0.1, 0.15) is 40.5 Å². The number of nitrogens with one attached hydrogen (secondary N) is 1. The summed E-state index contributed by atoms with van der Waals surface area (Å²) in [6.07, 6.45) is 2.08. The second-order valence-corrected chi connectivity index (χ2v) is 5.51. The van der Waals surface area contributed by atoms with Crippen LogP contribution in [0.5, 0.6) is 0 Å². The minimum absolute atomic E-state index is 0.0399. The highest BCUT2D eigenvalue weighted by atomic mass is 16.3. The molecule has 2 unspecified atom stereocenters. The van der Waals surface area contributed by atoms with Crippen molar-refractivity contribution < 1.29 is 9.90 Å². The summed E-state index contributed by atoms with van der Waals surface area (Å²) in [5.41, 5.74) is -0.734. The lowest BCUT2D eigenvalue weighted by Gasteiger charge is -2.30. The van der Waals surface area contributed by atoms with E-state index in [2.05, 4.69) is 12.2 Å². The van der Waals surface area contributed by atoms with Gasteiger partial charge in [0.25, 0.3) is 0 Å². The van der Waals surface area contributed by atoms with E-state index >= 15 is 0 Å². The maximum absolute atomic E-state index is 11.9. The van der Waals surface area contributed by atoms with E-state index in [-0.39, 0.29) is 17.9 Å². The quantitative estimate of drug-likeness (QED) is 0.739. The molecule has 2 N–H and O–H groups in total. The van der Waals surface area contributed by atoms with Crippen molar-refractivity contribution in [2.45, 2.75) is 46.1 Å². The van der Waals surface area contributed by atoms with Crippen LogP contribution in [0.3, 0.4) is 0 Å². The standard InChI is InChI=1S/C13H26N2O2/c1-5-6-7-14-12(16)15-8-11(4)13(17,9-15)10(2)3/h10-11,17H,5-9H2,1-4H3,(H,14,16). The van der Waals surface area contributed by atoms with Crippen molar-refractivity contribution in [3.63, 3.8) is 0 Å². The van der Waals surface area contributed by atoms with Crippen LogP contribution >= 0.6 is 0 Å². The molecule has 0 spiro atoms. The molecular formula is C13H26N2O2. The van der Waals surface area contributed by atoms with Crippen LogP contribution in [0, 0.1) is 11.8 Å². The summed E-state index contributed by atoms with van der Waals surface area (Å²) in [6.45, 7) is 9.95.